The van der Waals surface area contributed by atoms with Gasteiger partial charge in [0.1, 0.15) is 17.6 Å². The number of aromatic nitrogens is 1. The van der Waals surface area contributed by atoms with Crippen molar-refractivity contribution >= 4 is 33.8 Å². The monoisotopic (exact) mass is 736 g/mol. The highest BCUT2D eigenvalue weighted by Gasteiger charge is 2.62. The van der Waals surface area contributed by atoms with E-state index in [0.29, 0.717) is 31.6 Å². The maximum Gasteiger partial charge on any atom is 0.315 e. The van der Waals surface area contributed by atoms with Crippen LogP contribution in [-0.4, -0.2) is 96.3 Å². The molecular weight excluding hydrogens is 689 g/mol. The third kappa shape index (κ3) is 9.17. The summed E-state index contributed by atoms with van der Waals surface area (Å²) in [6, 6.07) is 12.8. The van der Waals surface area contributed by atoms with E-state index in [1.165, 1.54) is 4.90 Å². The molecule has 4 N–H and O–H groups in total. The molecule has 14 nitrogen and oxygen atoms in total. The van der Waals surface area contributed by atoms with Crippen molar-refractivity contribution in [2.45, 2.75) is 100 Å². The van der Waals surface area contributed by atoms with Gasteiger partial charge < -0.3 is 30.3 Å². The molecule has 5 amide bonds. The van der Waals surface area contributed by atoms with Crippen molar-refractivity contribution < 1.29 is 37.1 Å². The minimum atomic E-state index is -3.89. The van der Waals surface area contributed by atoms with Gasteiger partial charge in [-0.25, -0.2) is 13.2 Å². The predicted molar refractivity (Wildman–Crippen MR) is 192 cm³/mol. The SMILES string of the molecule is CC(C)(C)NC(=O)N[C@H]1CCCOC/C=C\[C@@H]2C[C@@]2(C(=O)NS(=O)(=O)C2CC2)NC(=O)[C@@H]2C[C@@H](OCc3cccc(-c4ccccc4)n3)CN2C1=O. The van der Waals surface area contributed by atoms with Crippen LogP contribution in [0.25, 0.3) is 11.3 Å². The van der Waals surface area contributed by atoms with Crippen LogP contribution in [0.5, 0.6) is 0 Å². The zero-order chi connectivity index (χ0) is 37.1. The smallest absolute Gasteiger partial charge is 0.315 e. The number of nitrogens with zero attached hydrogens (tertiary/aromatic N) is 2. The summed E-state index contributed by atoms with van der Waals surface area (Å²) in [5.41, 5.74) is 0.317. The Morgan fingerprint density at radius 3 is 2.58 bits per heavy atom. The van der Waals surface area contributed by atoms with Crippen LogP contribution in [0.1, 0.15) is 65.0 Å². The molecule has 280 valence electrons. The van der Waals surface area contributed by atoms with E-state index in [4.69, 9.17) is 14.5 Å². The Balaban J connectivity index is 1.25. The summed E-state index contributed by atoms with van der Waals surface area (Å²) in [5, 5.41) is 7.85. The van der Waals surface area contributed by atoms with E-state index in [1.807, 2.05) is 69.3 Å². The van der Waals surface area contributed by atoms with Gasteiger partial charge in [-0.2, -0.15) is 0 Å². The maximum absolute atomic E-state index is 14.3. The second-order valence-electron chi connectivity index (χ2n) is 15.0. The molecule has 2 aliphatic carbocycles. The molecule has 52 heavy (non-hydrogen) atoms. The van der Waals surface area contributed by atoms with Crippen molar-refractivity contribution in [2.24, 2.45) is 5.92 Å². The Hall–Kier alpha value is -4.34. The molecule has 0 radical (unpaired) electrons. The van der Waals surface area contributed by atoms with Gasteiger partial charge >= 0.3 is 6.03 Å². The highest BCUT2D eigenvalue weighted by Crippen LogP contribution is 2.46. The van der Waals surface area contributed by atoms with Crippen molar-refractivity contribution in [3.63, 3.8) is 0 Å². The fourth-order valence-electron chi connectivity index (χ4n) is 6.66. The van der Waals surface area contributed by atoms with Gasteiger partial charge in [0.2, 0.25) is 21.8 Å². The molecule has 3 fully saturated rings. The van der Waals surface area contributed by atoms with E-state index in [2.05, 4.69) is 20.7 Å². The van der Waals surface area contributed by atoms with Gasteiger partial charge in [0.15, 0.2) is 0 Å². The van der Waals surface area contributed by atoms with Gasteiger partial charge in [-0.3, -0.25) is 24.1 Å². The van der Waals surface area contributed by atoms with E-state index in [0.717, 1.165) is 11.3 Å². The van der Waals surface area contributed by atoms with Crippen molar-refractivity contribution in [1.82, 2.24) is 30.6 Å². The standard InChI is InChI=1S/C37H48N6O8S/c1-36(2,3)41-35(47)39-30-15-9-19-50-18-8-12-25-21-37(25,34(46)42-52(48,49)28-16-17-28)40-32(44)31-20-27(22-43(31)33(30)45)51-23-26-13-7-14-29(38-26)24-10-5-4-6-11-24/h4-8,10-14,25,27-28,30-31H,9,15-23H2,1-3H3,(H,40,44)(H,42,46)(H2,39,41,47)/b12-8-/t25-,27-,30+,31+,37-/m1/s1. The molecule has 0 unspecified atom stereocenters. The summed E-state index contributed by atoms with van der Waals surface area (Å²) in [7, 11) is -3.89. The maximum atomic E-state index is 14.3. The lowest BCUT2D eigenvalue weighted by Crippen LogP contribution is -2.59. The van der Waals surface area contributed by atoms with Crippen LogP contribution >= 0.6 is 0 Å². The second-order valence-corrected chi connectivity index (χ2v) is 17.0. The van der Waals surface area contributed by atoms with Crippen molar-refractivity contribution in [2.75, 3.05) is 19.8 Å². The normalized spacial score (nSPS) is 27.6. The first-order valence-corrected chi connectivity index (χ1v) is 19.4. The minimum Gasteiger partial charge on any atom is -0.377 e. The van der Waals surface area contributed by atoms with Crippen LogP contribution in [0.15, 0.2) is 60.7 Å². The fourth-order valence-corrected chi connectivity index (χ4v) is 8.03. The number of carbonyl (C=O) groups is 4. The Morgan fingerprint density at radius 1 is 1.08 bits per heavy atom. The van der Waals surface area contributed by atoms with Crippen LogP contribution in [-0.2, 0) is 40.5 Å². The number of ether oxygens (including phenoxy) is 2. The number of nitrogens with one attached hydrogen (secondary N) is 4. The Kier molecular flexibility index (Phi) is 11.0. The summed E-state index contributed by atoms with van der Waals surface area (Å²) in [4.78, 5) is 61.3. The lowest BCUT2D eigenvalue weighted by Gasteiger charge is -2.30. The first kappa shape index (κ1) is 37.4. The van der Waals surface area contributed by atoms with Crippen molar-refractivity contribution in [3.8, 4) is 11.3 Å². The molecule has 4 aliphatic rings. The quantitative estimate of drug-likeness (QED) is 0.296. The number of hydrogen-bond acceptors (Lipinski definition) is 9. The number of pyridine rings is 1. The number of amides is 5. The van der Waals surface area contributed by atoms with Crippen molar-refractivity contribution in [1.29, 1.82) is 0 Å². The summed E-state index contributed by atoms with van der Waals surface area (Å²) < 4.78 is 39.8. The Morgan fingerprint density at radius 2 is 1.85 bits per heavy atom. The highest BCUT2D eigenvalue weighted by molar-refractivity contribution is 7.91. The molecule has 0 bridgehead atoms. The molecule has 15 heteroatoms. The average molecular weight is 737 g/mol. The van der Waals surface area contributed by atoms with Crippen LogP contribution < -0.4 is 20.7 Å². The molecule has 1 aromatic heterocycles. The third-order valence-corrected chi connectivity index (χ3v) is 11.4. The van der Waals surface area contributed by atoms with Gasteiger partial charge in [-0.15, -0.1) is 0 Å². The van der Waals surface area contributed by atoms with Crippen LogP contribution in [0.4, 0.5) is 4.79 Å². The Bertz CT molecular complexity index is 1790. The molecule has 2 aromatic rings. The fraction of sp³-hybridized carbons (Fsp3) is 0.541. The van der Waals surface area contributed by atoms with E-state index >= 15 is 0 Å². The molecule has 2 aliphatic heterocycles. The first-order valence-electron chi connectivity index (χ1n) is 17.9. The molecule has 3 heterocycles. The van der Waals surface area contributed by atoms with Crippen LogP contribution in [0.3, 0.4) is 0 Å². The second kappa shape index (κ2) is 15.3. The number of fused-ring (bicyclic) bond motifs is 2. The molecular formula is C37H48N6O8S. The molecule has 0 spiro atoms. The predicted octanol–water partition coefficient (Wildman–Crippen LogP) is 2.55. The van der Waals surface area contributed by atoms with Gasteiger partial charge in [-0.1, -0.05) is 48.6 Å². The minimum absolute atomic E-state index is 0.0451. The molecule has 6 rings (SSSR count). The lowest BCUT2D eigenvalue weighted by atomic mass is 10.1. The summed E-state index contributed by atoms with van der Waals surface area (Å²) in [6.07, 6.45) is 4.85. The zero-order valence-corrected chi connectivity index (χ0v) is 30.6. The topological polar surface area (TPSA) is 185 Å². The van der Waals surface area contributed by atoms with Crippen LogP contribution in [0.2, 0.25) is 0 Å². The zero-order valence-electron chi connectivity index (χ0n) is 29.8. The van der Waals surface area contributed by atoms with E-state index in [-0.39, 0.29) is 39.0 Å². The Labute approximate surface area is 304 Å². The molecule has 1 saturated heterocycles. The molecule has 2 saturated carbocycles. The van der Waals surface area contributed by atoms with Gasteiger partial charge in [0.25, 0.3) is 5.91 Å². The van der Waals surface area contributed by atoms with Crippen molar-refractivity contribution in [3.05, 3.63) is 66.4 Å². The van der Waals surface area contributed by atoms with Crippen LogP contribution in [0, 0.1) is 5.92 Å². The van der Waals surface area contributed by atoms with Gasteiger partial charge in [0, 0.05) is 36.6 Å². The van der Waals surface area contributed by atoms with E-state index in [9.17, 15) is 27.6 Å². The summed E-state index contributed by atoms with van der Waals surface area (Å²) >= 11 is 0. The van der Waals surface area contributed by atoms with E-state index in [1.54, 1.807) is 12.2 Å². The average Bonchev–Trinajstić information content (AvgIpc) is 4.02. The van der Waals surface area contributed by atoms with E-state index < -0.39 is 74.2 Å². The largest absolute Gasteiger partial charge is 0.377 e. The summed E-state index contributed by atoms with van der Waals surface area (Å²) in [5.74, 6) is -2.37. The van der Waals surface area contributed by atoms with Gasteiger partial charge in [-0.05, 0) is 65.0 Å². The number of carbonyl (C=O) groups excluding carboxylic acids is 4. The first-order chi connectivity index (χ1) is 24.7. The number of benzene rings is 1. The summed E-state index contributed by atoms with van der Waals surface area (Å²) in [6.45, 7) is 6.16. The number of rotatable bonds is 8. The van der Waals surface area contributed by atoms with Gasteiger partial charge in [0.05, 0.1) is 36.0 Å². The third-order valence-electron chi connectivity index (χ3n) is 9.61. The molecule has 5 atom stereocenters. The molecule has 1 aromatic carbocycles. The number of sulfonamides is 1. The highest BCUT2D eigenvalue weighted by atomic mass is 32.2. The lowest BCUT2D eigenvalue weighted by molar-refractivity contribution is -0.141. The number of hydrogen-bond donors (Lipinski definition) is 4. The number of urea groups is 1.